The minimum Gasteiger partial charge on any atom is -0.489 e. The third-order valence-corrected chi connectivity index (χ3v) is 6.26. The van der Waals surface area contributed by atoms with Crippen LogP contribution in [0.2, 0.25) is 0 Å². The molecule has 0 aromatic heterocycles. The van der Waals surface area contributed by atoms with Gasteiger partial charge in [-0.2, -0.15) is 0 Å². The molecular weight excluding hydrogens is 458 g/mol. The zero-order valence-electron chi connectivity index (χ0n) is 19.8. The number of carbonyl (C=O) groups is 2. The lowest BCUT2D eigenvalue weighted by atomic mass is 9.96. The first kappa shape index (κ1) is 23.5. The summed E-state index contributed by atoms with van der Waals surface area (Å²) in [6.45, 7) is 1.10. The number of amides is 1. The van der Waals surface area contributed by atoms with E-state index in [4.69, 9.17) is 19.3 Å². The highest BCUT2D eigenvalue weighted by Gasteiger charge is 2.19. The minimum atomic E-state index is -0.797. The third-order valence-electron chi connectivity index (χ3n) is 6.26. The molecule has 0 atom stereocenters. The molecule has 0 aliphatic carbocycles. The molecule has 184 valence electrons. The summed E-state index contributed by atoms with van der Waals surface area (Å²) < 4.78 is 17.2. The van der Waals surface area contributed by atoms with Crippen molar-refractivity contribution in [2.45, 2.75) is 32.3 Å². The number of carboxylic acids is 1. The maximum Gasteiger partial charge on any atom is 0.303 e. The average molecular weight is 486 g/mol. The zero-order valence-corrected chi connectivity index (χ0v) is 19.8. The molecule has 4 aromatic carbocycles. The van der Waals surface area contributed by atoms with E-state index in [1.807, 2.05) is 66.7 Å². The van der Waals surface area contributed by atoms with Crippen LogP contribution in [0, 0.1) is 0 Å². The number of fused-ring (bicyclic) bond motifs is 4. The van der Waals surface area contributed by atoms with Gasteiger partial charge in [0.2, 0.25) is 6.79 Å². The lowest BCUT2D eigenvalue weighted by Crippen LogP contribution is -2.24. The highest BCUT2D eigenvalue weighted by molar-refractivity contribution is 6.18. The van der Waals surface area contributed by atoms with Gasteiger partial charge < -0.3 is 24.6 Å². The van der Waals surface area contributed by atoms with Gasteiger partial charge in [0.1, 0.15) is 12.4 Å². The Hall–Kier alpha value is -4.26. The van der Waals surface area contributed by atoms with E-state index < -0.39 is 5.97 Å². The predicted molar refractivity (Wildman–Crippen MR) is 137 cm³/mol. The maximum atomic E-state index is 13.2. The van der Waals surface area contributed by atoms with E-state index in [1.165, 1.54) is 0 Å². The summed E-state index contributed by atoms with van der Waals surface area (Å²) in [5.74, 6) is 1.08. The van der Waals surface area contributed by atoms with Gasteiger partial charge >= 0.3 is 5.97 Å². The molecule has 1 amide bonds. The largest absolute Gasteiger partial charge is 0.489 e. The molecule has 0 spiro atoms. The van der Waals surface area contributed by atoms with E-state index in [1.54, 1.807) is 0 Å². The van der Waals surface area contributed by atoms with Crippen LogP contribution < -0.4 is 19.5 Å². The topological polar surface area (TPSA) is 94.1 Å². The number of carboxylic acid groups (broad SMARTS) is 1. The monoisotopic (exact) mass is 485 g/mol. The van der Waals surface area contributed by atoms with E-state index in [2.05, 4.69) is 5.32 Å². The Morgan fingerprint density at radius 1 is 0.861 bits per heavy atom. The van der Waals surface area contributed by atoms with E-state index >= 15 is 0 Å². The maximum absolute atomic E-state index is 13.2. The van der Waals surface area contributed by atoms with Gasteiger partial charge in [-0.15, -0.1) is 0 Å². The normalized spacial score (nSPS) is 12.1. The van der Waals surface area contributed by atoms with Crippen LogP contribution in [0.5, 0.6) is 17.2 Å². The average Bonchev–Trinajstić information content (AvgIpc) is 3.35. The molecule has 5 rings (SSSR count). The molecule has 2 N–H and O–H groups in total. The molecule has 1 heterocycles. The minimum absolute atomic E-state index is 0.147. The number of nitrogens with one attached hydrogen (secondary N) is 1. The van der Waals surface area contributed by atoms with E-state index in [0.717, 1.165) is 39.9 Å². The summed E-state index contributed by atoms with van der Waals surface area (Å²) in [5, 5.41) is 15.3. The van der Waals surface area contributed by atoms with Crippen molar-refractivity contribution >= 4 is 33.4 Å². The highest BCUT2D eigenvalue weighted by atomic mass is 16.7. The van der Waals surface area contributed by atoms with E-state index in [9.17, 15) is 9.59 Å². The third kappa shape index (κ3) is 5.20. The molecule has 0 bridgehead atoms. The van der Waals surface area contributed by atoms with Gasteiger partial charge in [0.15, 0.2) is 11.5 Å². The van der Waals surface area contributed by atoms with Crippen molar-refractivity contribution < 1.29 is 28.9 Å². The van der Waals surface area contributed by atoms with Crippen LogP contribution in [0.4, 0.5) is 0 Å². The van der Waals surface area contributed by atoms with Gasteiger partial charge in [-0.05, 0) is 76.3 Å². The van der Waals surface area contributed by atoms with Crippen LogP contribution in [0.3, 0.4) is 0 Å². The second-order valence-corrected chi connectivity index (χ2v) is 8.79. The fourth-order valence-electron chi connectivity index (χ4n) is 4.42. The highest BCUT2D eigenvalue weighted by Crippen LogP contribution is 2.40. The first-order valence-corrected chi connectivity index (χ1v) is 12.1. The Labute approximate surface area is 208 Å². The Balaban J connectivity index is 1.43. The molecule has 0 radical (unpaired) electrons. The van der Waals surface area contributed by atoms with Gasteiger partial charge in [-0.3, -0.25) is 9.59 Å². The number of ether oxygens (including phenoxy) is 3. The molecule has 7 heteroatoms. The summed E-state index contributed by atoms with van der Waals surface area (Å²) in [4.78, 5) is 23.8. The Kier molecular flexibility index (Phi) is 6.89. The number of benzene rings is 4. The van der Waals surface area contributed by atoms with Crippen LogP contribution in [0.15, 0.2) is 66.7 Å². The van der Waals surface area contributed by atoms with Crippen LogP contribution in [0.1, 0.15) is 41.6 Å². The summed E-state index contributed by atoms with van der Waals surface area (Å²) in [6, 6.07) is 21.4. The molecule has 0 saturated heterocycles. The molecule has 1 aliphatic rings. The summed E-state index contributed by atoms with van der Waals surface area (Å²) in [7, 11) is 0. The van der Waals surface area contributed by atoms with E-state index in [-0.39, 0.29) is 19.1 Å². The SMILES string of the molecule is O=C(O)CCCCCNC(=O)c1cc2cc3c(cc2c2cc(OCc4ccccc4)ccc12)OCO3. The standard InChI is InChI=1S/C29H27NO6/c31-28(32)9-5-2-6-12-30-29(33)25-13-20-14-26-27(36-18-35-26)16-23(20)24-15-21(10-11-22(24)25)34-17-19-7-3-1-4-8-19/h1,3-4,7-8,10-11,13-16H,2,5-6,9,12,17-18H2,(H,30,33)(H,31,32). The van der Waals surface area contributed by atoms with Crippen molar-refractivity contribution in [1.82, 2.24) is 5.32 Å². The molecule has 0 unspecified atom stereocenters. The molecule has 36 heavy (non-hydrogen) atoms. The number of carbonyl (C=O) groups excluding carboxylic acids is 1. The number of hydrogen-bond acceptors (Lipinski definition) is 5. The van der Waals surface area contributed by atoms with Crippen LogP contribution in [-0.2, 0) is 11.4 Å². The van der Waals surface area contributed by atoms with Crippen LogP contribution in [-0.4, -0.2) is 30.3 Å². The second kappa shape index (κ2) is 10.6. The summed E-state index contributed by atoms with van der Waals surface area (Å²) in [5.41, 5.74) is 1.64. The lowest BCUT2D eigenvalue weighted by Gasteiger charge is -2.14. The molecule has 4 aromatic rings. The van der Waals surface area contributed by atoms with Gasteiger partial charge in [0.25, 0.3) is 5.91 Å². The number of aliphatic carboxylic acids is 1. The number of hydrogen-bond donors (Lipinski definition) is 2. The Morgan fingerprint density at radius 2 is 1.67 bits per heavy atom. The van der Waals surface area contributed by atoms with Crippen molar-refractivity contribution in [3.8, 4) is 17.2 Å². The van der Waals surface area contributed by atoms with Crippen molar-refractivity contribution in [2.75, 3.05) is 13.3 Å². The smallest absolute Gasteiger partial charge is 0.303 e. The Morgan fingerprint density at radius 3 is 2.47 bits per heavy atom. The Bertz CT molecular complexity index is 1420. The molecule has 0 saturated carbocycles. The first-order chi connectivity index (χ1) is 17.6. The quantitative estimate of drug-likeness (QED) is 0.222. The molecule has 1 aliphatic heterocycles. The van der Waals surface area contributed by atoms with Gasteiger partial charge in [0.05, 0.1) is 0 Å². The molecule has 0 fully saturated rings. The van der Waals surface area contributed by atoms with Gasteiger partial charge in [0, 0.05) is 18.5 Å². The lowest BCUT2D eigenvalue weighted by molar-refractivity contribution is -0.137. The van der Waals surface area contributed by atoms with Crippen molar-refractivity contribution in [3.63, 3.8) is 0 Å². The molecular formula is C29H27NO6. The van der Waals surface area contributed by atoms with Gasteiger partial charge in [-0.1, -0.05) is 36.8 Å². The fourth-order valence-corrected chi connectivity index (χ4v) is 4.42. The first-order valence-electron chi connectivity index (χ1n) is 12.1. The van der Waals surface area contributed by atoms with Crippen molar-refractivity contribution in [1.29, 1.82) is 0 Å². The van der Waals surface area contributed by atoms with Crippen molar-refractivity contribution in [2.24, 2.45) is 0 Å². The van der Waals surface area contributed by atoms with Crippen LogP contribution >= 0.6 is 0 Å². The fraction of sp³-hybridized carbons (Fsp3) is 0.241. The van der Waals surface area contributed by atoms with Crippen molar-refractivity contribution in [3.05, 3.63) is 77.9 Å². The molecule has 7 nitrogen and oxygen atoms in total. The summed E-state index contributed by atoms with van der Waals surface area (Å²) in [6.07, 6.45) is 2.22. The van der Waals surface area contributed by atoms with Crippen LogP contribution in [0.25, 0.3) is 21.5 Å². The second-order valence-electron chi connectivity index (χ2n) is 8.79. The number of unbranched alkanes of at least 4 members (excludes halogenated alkanes) is 2. The number of rotatable bonds is 10. The van der Waals surface area contributed by atoms with Gasteiger partial charge in [-0.25, -0.2) is 0 Å². The van der Waals surface area contributed by atoms with E-state index in [0.29, 0.717) is 42.4 Å². The zero-order chi connectivity index (χ0) is 24.9. The predicted octanol–water partition coefficient (Wildman–Crippen LogP) is 5.68. The summed E-state index contributed by atoms with van der Waals surface area (Å²) >= 11 is 0.